The van der Waals surface area contributed by atoms with Crippen LogP contribution in [0.25, 0.3) is 0 Å². The molecule has 1 N–H and O–H groups in total. The van der Waals surface area contributed by atoms with Crippen LogP contribution in [-0.4, -0.2) is 65.9 Å². The minimum absolute atomic E-state index is 0.00763. The lowest BCUT2D eigenvalue weighted by Crippen LogP contribution is -2.49. The lowest BCUT2D eigenvalue weighted by atomic mass is 9.81. The van der Waals surface area contributed by atoms with Crippen LogP contribution in [-0.2, 0) is 25.5 Å². The first kappa shape index (κ1) is 22.8. The highest BCUT2D eigenvalue weighted by Crippen LogP contribution is 2.39. The Bertz CT molecular complexity index is 830. The van der Waals surface area contributed by atoms with E-state index in [9.17, 15) is 19.2 Å². The normalized spacial score (nSPS) is 17.9. The fourth-order valence-electron chi connectivity index (χ4n) is 4.30. The van der Waals surface area contributed by atoms with Gasteiger partial charge in [-0.15, -0.1) is 0 Å². The molecule has 4 amide bonds. The number of carbonyl (C=O) groups is 4. The summed E-state index contributed by atoms with van der Waals surface area (Å²) in [5.41, 5.74) is 1.46. The van der Waals surface area contributed by atoms with Gasteiger partial charge in [0.05, 0.1) is 6.54 Å². The van der Waals surface area contributed by atoms with Crippen molar-refractivity contribution >= 4 is 23.8 Å². The molecule has 1 saturated carbocycles. The largest absolute Gasteiger partial charge is 0.462 e. The zero-order valence-corrected chi connectivity index (χ0v) is 18.3. The molecule has 1 spiro atoms. The van der Waals surface area contributed by atoms with Crippen LogP contribution in [0, 0.1) is 6.92 Å². The summed E-state index contributed by atoms with van der Waals surface area (Å²) in [6, 6.07) is 7.57. The van der Waals surface area contributed by atoms with Gasteiger partial charge in [-0.3, -0.25) is 19.3 Å². The quantitative estimate of drug-likeness (QED) is 0.388. The Hall–Kier alpha value is -2.90. The van der Waals surface area contributed by atoms with Crippen LogP contribution in [0.2, 0.25) is 0 Å². The van der Waals surface area contributed by atoms with Crippen LogP contribution in [0.3, 0.4) is 0 Å². The summed E-state index contributed by atoms with van der Waals surface area (Å²) in [7, 11) is 1.63. The van der Waals surface area contributed by atoms with Gasteiger partial charge < -0.3 is 15.0 Å². The Kier molecular flexibility index (Phi) is 7.30. The van der Waals surface area contributed by atoms with E-state index >= 15 is 0 Å². The number of hydrogen-bond acceptors (Lipinski definition) is 5. The first-order valence-electron chi connectivity index (χ1n) is 10.9. The van der Waals surface area contributed by atoms with E-state index in [1.807, 2.05) is 31.2 Å². The molecule has 31 heavy (non-hydrogen) atoms. The molecule has 1 saturated heterocycles. The monoisotopic (exact) mass is 429 g/mol. The molecular weight excluding hydrogens is 398 g/mol. The predicted molar refractivity (Wildman–Crippen MR) is 114 cm³/mol. The first-order valence-corrected chi connectivity index (χ1v) is 10.9. The Morgan fingerprint density at radius 3 is 2.45 bits per heavy atom. The number of esters is 1. The summed E-state index contributed by atoms with van der Waals surface area (Å²) in [6.45, 7) is 1.79. The molecule has 1 aromatic carbocycles. The number of carbonyl (C=O) groups excluding carboxylic acids is 4. The molecule has 0 atom stereocenters. The maximum absolute atomic E-state index is 12.9. The fraction of sp³-hybridized carbons (Fsp3) is 0.565. The highest BCUT2D eigenvalue weighted by atomic mass is 16.5. The Morgan fingerprint density at radius 1 is 1.10 bits per heavy atom. The Labute approximate surface area is 182 Å². The zero-order valence-electron chi connectivity index (χ0n) is 18.3. The van der Waals surface area contributed by atoms with Crippen LogP contribution in [0.5, 0.6) is 0 Å². The average molecular weight is 430 g/mol. The average Bonchev–Trinajstić information content (AvgIpc) is 2.93. The standard InChI is InChI=1S/C23H31N3O5/c1-17-6-8-18(9-7-17)10-11-19(27)24-14-15-31-20(28)16-26-21(29)23(25(2)22(26)30)12-4-3-5-13-23/h6-9H,3-5,10-16H2,1-2H3,(H,24,27). The minimum Gasteiger partial charge on any atom is -0.462 e. The van der Waals surface area contributed by atoms with E-state index < -0.39 is 24.1 Å². The molecule has 8 nitrogen and oxygen atoms in total. The second-order valence-corrected chi connectivity index (χ2v) is 8.38. The van der Waals surface area contributed by atoms with Crippen LogP contribution in [0.1, 0.15) is 49.7 Å². The first-order chi connectivity index (χ1) is 14.8. The van der Waals surface area contributed by atoms with Gasteiger partial charge in [0.25, 0.3) is 5.91 Å². The highest BCUT2D eigenvalue weighted by Gasteiger charge is 2.55. The van der Waals surface area contributed by atoms with Crippen molar-refractivity contribution in [3.05, 3.63) is 35.4 Å². The maximum Gasteiger partial charge on any atom is 0.327 e. The van der Waals surface area contributed by atoms with Gasteiger partial charge in [0.2, 0.25) is 5.91 Å². The topological polar surface area (TPSA) is 96.0 Å². The molecular formula is C23H31N3O5. The number of benzene rings is 1. The van der Waals surface area contributed by atoms with E-state index in [4.69, 9.17) is 4.74 Å². The lowest BCUT2D eigenvalue weighted by Gasteiger charge is -2.35. The number of nitrogens with zero attached hydrogens (tertiary/aromatic N) is 2. The Morgan fingerprint density at radius 2 is 1.77 bits per heavy atom. The van der Waals surface area contributed by atoms with Crippen molar-refractivity contribution in [1.82, 2.24) is 15.1 Å². The molecule has 8 heteroatoms. The molecule has 3 rings (SSSR count). The number of nitrogens with one attached hydrogen (secondary N) is 1. The minimum atomic E-state index is -0.805. The van der Waals surface area contributed by atoms with Crippen LogP contribution < -0.4 is 5.32 Å². The molecule has 2 fully saturated rings. The van der Waals surface area contributed by atoms with Crippen molar-refractivity contribution in [2.24, 2.45) is 0 Å². The number of aryl methyl sites for hydroxylation is 2. The van der Waals surface area contributed by atoms with Gasteiger partial charge in [0.15, 0.2) is 0 Å². The highest BCUT2D eigenvalue weighted by molar-refractivity contribution is 6.08. The lowest BCUT2D eigenvalue weighted by molar-refractivity contribution is -0.148. The second kappa shape index (κ2) is 9.94. The predicted octanol–water partition coefficient (Wildman–Crippen LogP) is 2.18. The molecule has 1 aliphatic carbocycles. The molecule has 0 unspecified atom stereocenters. The molecule has 168 valence electrons. The van der Waals surface area contributed by atoms with Crippen LogP contribution >= 0.6 is 0 Å². The van der Waals surface area contributed by atoms with E-state index in [0.717, 1.165) is 29.7 Å². The molecule has 2 aliphatic rings. The third-order valence-corrected chi connectivity index (χ3v) is 6.22. The number of hydrogen-bond donors (Lipinski definition) is 1. The van der Waals surface area contributed by atoms with Gasteiger partial charge >= 0.3 is 12.0 Å². The Balaban J connectivity index is 1.37. The third-order valence-electron chi connectivity index (χ3n) is 6.22. The van der Waals surface area contributed by atoms with Gasteiger partial charge in [0.1, 0.15) is 18.7 Å². The second-order valence-electron chi connectivity index (χ2n) is 8.38. The molecule has 0 radical (unpaired) electrons. The van der Waals surface area contributed by atoms with Crippen molar-refractivity contribution in [2.75, 3.05) is 26.7 Å². The summed E-state index contributed by atoms with van der Waals surface area (Å²) in [5, 5.41) is 2.71. The van der Waals surface area contributed by atoms with Crippen LogP contribution in [0.4, 0.5) is 4.79 Å². The van der Waals surface area contributed by atoms with Gasteiger partial charge in [-0.2, -0.15) is 0 Å². The number of imide groups is 1. The summed E-state index contributed by atoms with van der Waals surface area (Å²) in [5.74, 6) is -1.08. The summed E-state index contributed by atoms with van der Waals surface area (Å²) < 4.78 is 5.12. The van der Waals surface area contributed by atoms with E-state index in [0.29, 0.717) is 25.7 Å². The van der Waals surface area contributed by atoms with Crippen molar-refractivity contribution in [1.29, 1.82) is 0 Å². The van der Waals surface area contributed by atoms with E-state index in [-0.39, 0.29) is 25.0 Å². The number of rotatable bonds is 8. The summed E-state index contributed by atoms with van der Waals surface area (Å²) in [4.78, 5) is 52.0. The van der Waals surface area contributed by atoms with Crippen molar-refractivity contribution in [2.45, 2.75) is 57.4 Å². The molecule has 0 bridgehead atoms. The molecule has 1 aromatic rings. The summed E-state index contributed by atoms with van der Waals surface area (Å²) >= 11 is 0. The number of urea groups is 1. The third kappa shape index (κ3) is 5.24. The van der Waals surface area contributed by atoms with E-state index in [1.165, 1.54) is 10.5 Å². The van der Waals surface area contributed by atoms with Gasteiger partial charge in [-0.05, 0) is 31.7 Å². The number of ether oxygens (including phenoxy) is 1. The number of amides is 4. The van der Waals surface area contributed by atoms with Gasteiger partial charge in [-0.25, -0.2) is 4.79 Å². The SMILES string of the molecule is Cc1ccc(CCC(=O)NCCOC(=O)CN2C(=O)N(C)C3(CCCCC3)C2=O)cc1. The van der Waals surface area contributed by atoms with Gasteiger partial charge in [0, 0.05) is 13.5 Å². The van der Waals surface area contributed by atoms with Crippen molar-refractivity contribution < 1.29 is 23.9 Å². The van der Waals surface area contributed by atoms with Crippen molar-refractivity contribution in [3.8, 4) is 0 Å². The summed E-state index contributed by atoms with van der Waals surface area (Å²) in [6.07, 6.45) is 5.09. The molecule has 1 aliphatic heterocycles. The van der Waals surface area contributed by atoms with E-state index in [1.54, 1.807) is 7.05 Å². The molecule has 0 aromatic heterocycles. The fourth-order valence-corrected chi connectivity index (χ4v) is 4.30. The molecule has 1 heterocycles. The van der Waals surface area contributed by atoms with Crippen molar-refractivity contribution in [3.63, 3.8) is 0 Å². The number of likely N-dealkylation sites (N-methyl/N-ethyl adjacent to an activating group) is 1. The van der Waals surface area contributed by atoms with Crippen LogP contribution in [0.15, 0.2) is 24.3 Å². The van der Waals surface area contributed by atoms with Gasteiger partial charge in [-0.1, -0.05) is 49.1 Å². The smallest absolute Gasteiger partial charge is 0.327 e. The maximum atomic E-state index is 12.9. The van der Waals surface area contributed by atoms with E-state index in [2.05, 4.69) is 5.32 Å². The zero-order chi connectivity index (χ0) is 22.4.